The number of rotatable bonds is 4. The van der Waals surface area contributed by atoms with Gasteiger partial charge in [0.15, 0.2) is 0 Å². The largest absolute Gasteiger partial charge is 0.353 e. The van der Waals surface area contributed by atoms with Gasteiger partial charge in [0.25, 0.3) is 0 Å². The van der Waals surface area contributed by atoms with Crippen LogP contribution in [0.1, 0.15) is 33.6 Å². The summed E-state index contributed by atoms with van der Waals surface area (Å²) >= 11 is 0. The summed E-state index contributed by atoms with van der Waals surface area (Å²) < 4.78 is 0. The molecule has 2 aliphatic rings. The fourth-order valence-electron chi connectivity index (χ4n) is 2.71. The van der Waals surface area contributed by atoms with E-state index in [1.54, 1.807) is 0 Å². The topological polar surface area (TPSA) is 41.1 Å². The van der Waals surface area contributed by atoms with Crippen LogP contribution in [0.5, 0.6) is 0 Å². The Kier molecular flexibility index (Phi) is 3.33. The Morgan fingerprint density at radius 3 is 2.75 bits per heavy atom. The molecule has 1 saturated carbocycles. The Bertz CT molecular complexity index is 298. The van der Waals surface area contributed by atoms with Gasteiger partial charge >= 0.3 is 0 Å². The summed E-state index contributed by atoms with van der Waals surface area (Å²) in [5.41, 5.74) is 0. The van der Waals surface area contributed by atoms with Crippen LogP contribution in [0.4, 0.5) is 0 Å². The number of carbonyl (C=O) groups excluding carboxylic acids is 1. The first kappa shape index (κ1) is 11.6. The number of hydrogen-bond acceptors (Lipinski definition) is 2. The average molecular weight is 222 g/mol. The van der Waals surface area contributed by atoms with E-state index in [4.69, 9.17) is 0 Å². The zero-order valence-corrected chi connectivity index (χ0v) is 10.4. The molecule has 2 rings (SSSR count). The smallest absolute Gasteiger partial charge is 0.237 e. The Balaban J connectivity index is 1.77. The minimum Gasteiger partial charge on any atom is -0.353 e. The third-order valence-electron chi connectivity index (χ3n) is 3.65. The number of nitrogens with one attached hydrogen (secondary N) is 2. The molecule has 1 fully saturated rings. The maximum atomic E-state index is 11.7. The number of hydrogen-bond donors (Lipinski definition) is 2. The second-order valence-corrected chi connectivity index (χ2v) is 5.40. The van der Waals surface area contributed by atoms with Crippen LogP contribution in [0.25, 0.3) is 0 Å². The molecule has 2 N–H and O–H groups in total. The number of amides is 1. The lowest BCUT2D eigenvalue weighted by Gasteiger charge is -2.42. The van der Waals surface area contributed by atoms with E-state index >= 15 is 0 Å². The summed E-state index contributed by atoms with van der Waals surface area (Å²) in [6.07, 6.45) is 7.03. The van der Waals surface area contributed by atoms with Gasteiger partial charge in [0.2, 0.25) is 5.91 Å². The maximum absolute atomic E-state index is 11.7. The van der Waals surface area contributed by atoms with E-state index in [9.17, 15) is 4.79 Å². The molecule has 90 valence electrons. The van der Waals surface area contributed by atoms with Crippen molar-refractivity contribution < 1.29 is 4.79 Å². The van der Waals surface area contributed by atoms with Crippen molar-refractivity contribution in [1.82, 2.24) is 10.6 Å². The van der Waals surface area contributed by atoms with Crippen molar-refractivity contribution in [1.29, 1.82) is 0 Å². The maximum Gasteiger partial charge on any atom is 0.237 e. The first-order valence-electron chi connectivity index (χ1n) is 6.31. The number of allylic oxidation sites excluding steroid dienone is 1. The molecule has 2 aliphatic carbocycles. The van der Waals surface area contributed by atoms with Crippen molar-refractivity contribution in [2.24, 2.45) is 11.8 Å². The second-order valence-electron chi connectivity index (χ2n) is 5.40. The number of fused-ring (bicyclic) bond motifs is 1. The normalized spacial score (nSPS) is 33.4. The second kappa shape index (κ2) is 4.58. The Hall–Kier alpha value is -0.830. The van der Waals surface area contributed by atoms with Crippen LogP contribution in [-0.4, -0.2) is 24.0 Å². The molecule has 0 aliphatic heterocycles. The third kappa shape index (κ3) is 2.29. The molecule has 0 heterocycles. The third-order valence-corrected chi connectivity index (χ3v) is 3.65. The lowest BCUT2D eigenvalue weighted by Crippen LogP contribution is -2.55. The minimum atomic E-state index is -0.0812. The van der Waals surface area contributed by atoms with E-state index in [1.165, 1.54) is 12.8 Å². The molecule has 0 bridgehead atoms. The predicted octanol–water partition coefficient (Wildman–Crippen LogP) is 1.45. The van der Waals surface area contributed by atoms with Gasteiger partial charge in [-0.15, -0.1) is 0 Å². The van der Waals surface area contributed by atoms with Crippen LogP contribution in [0.2, 0.25) is 0 Å². The quantitative estimate of drug-likeness (QED) is 0.707. The summed E-state index contributed by atoms with van der Waals surface area (Å²) in [4.78, 5) is 11.7. The molecule has 0 aromatic carbocycles. The highest BCUT2D eigenvalue weighted by Crippen LogP contribution is 2.42. The molecule has 3 nitrogen and oxygen atoms in total. The van der Waals surface area contributed by atoms with Crippen molar-refractivity contribution in [3.05, 3.63) is 12.2 Å². The van der Waals surface area contributed by atoms with Gasteiger partial charge in [-0.2, -0.15) is 0 Å². The van der Waals surface area contributed by atoms with Crippen LogP contribution in [-0.2, 0) is 4.79 Å². The lowest BCUT2D eigenvalue weighted by atomic mass is 9.71. The van der Waals surface area contributed by atoms with Crippen LogP contribution < -0.4 is 10.6 Å². The van der Waals surface area contributed by atoms with Gasteiger partial charge in [-0.05, 0) is 45.4 Å². The fourth-order valence-corrected chi connectivity index (χ4v) is 2.71. The predicted molar refractivity (Wildman–Crippen MR) is 65.0 cm³/mol. The van der Waals surface area contributed by atoms with E-state index in [0.29, 0.717) is 12.0 Å². The van der Waals surface area contributed by atoms with Crippen molar-refractivity contribution in [3.8, 4) is 0 Å². The summed E-state index contributed by atoms with van der Waals surface area (Å²) in [5, 5.41) is 6.37. The Morgan fingerprint density at radius 2 is 2.12 bits per heavy atom. The van der Waals surface area contributed by atoms with Gasteiger partial charge in [0, 0.05) is 12.1 Å². The molecular weight excluding hydrogens is 200 g/mol. The molecule has 0 radical (unpaired) electrons. The first-order valence-corrected chi connectivity index (χ1v) is 6.31. The Morgan fingerprint density at radius 1 is 1.38 bits per heavy atom. The number of carbonyl (C=O) groups is 1. The van der Waals surface area contributed by atoms with Crippen molar-refractivity contribution in [2.45, 2.75) is 51.7 Å². The fraction of sp³-hybridized carbons (Fsp3) is 0.769. The van der Waals surface area contributed by atoms with E-state index in [-0.39, 0.29) is 18.0 Å². The molecule has 3 heteroatoms. The van der Waals surface area contributed by atoms with Gasteiger partial charge in [0.05, 0.1) is 6.04 Å². The summed E-state index contributed by atoms with van der Waals surface area (Å²) in [5.74, 6) is 1.63. The molecule has 4 atom stereocenters. The van der Waals surface area contributed by atoms with Crippen molar-refractivity contribution in [3.63, 3.8) is 0 Å². The van der Waals surface area contributed by atoms with Crippen molar-refractivity contribution >= 4 is 5.91 Å². The van der Waals surface area contributed by atoms with E-state index < -0.39 is 0 Å². The highest BCUT2D eigenvalue weighted by Gasteiger charge is 2.41. The van der Waals surface area contributed by atoms with Crippen molar-refractivity contribution in [2.75, 3.05) is 0 Å². The SMILES string of the molecule is CC(C)NC(=O)C(C)NC1CC2CC=CC21. The van der Waals surface area contributed by atoms with E-state index in [1.807, 2.05) is 20.8 Å². The summed E-state index contributed by atoms with van der Waals surface area (Å²) in [6, 6.07) is 0.649. The van der Waals surface area contributed by atoms with E-state index in [0.717, 1.165) is 5.92 Å². The molecule has 0 saturated heterocycles. The highest BCUT2D eigenvalue weighted by atomic mass is 16.2. The van der Waals surface area contributed by atoms with Gasteiger partial charge < -0.3 is 10.6 Å². The molecular formula is C13H22N2O. The van der Waals surface area contributed by atoms with Crippen LogP contribution in [0.3, 0.4) is 0 Å². The summed E-state index contributed by atoms with van der Waals surface area (Å²) in [6.45, 7) is 5.93. The summed E-state index contributed by atoms with van der Waals surface area (Å²) in [7, 11) is 0. The molecule has 1 amide bonds. The zero-order chi connectivity index (χ0) is 11.7. The average Bonchev–Trinajstić information content (AvgIpc) is 2.54. The van der Waals surface area contributed by atoms with Gasteiger partial charge in [-0.3, -0.25) is 4.79 Å². The van der Waals surface area contributed by atoms with Crippen LogP contribution >= 0.6 is 0 Å². The minimum absolute atomic E-state index is 0.0812. The van der Waals surface area contributed by atoms with Gasteiger partial charge in [0.1, 0.15) is 0 Å². The van der Waals surface area contributed by atoms with Crippen LogP contribution in [0, 0.1) is 11.8 Å². The monoisotopic (exact) mass is 222 g/mol. The van der Waals surface area contributed by atoms with E-state index in [2.05, 4.69) is 22.8 Å². The van der Waals surface area contributed by atoms with Crippen LogP contribution in [0.15, 0.2) is 12.2 Å². The molecule has 0 aromatic heterocycles. The lowest BCUT2D eigenvalue weighted by molar-refractivity contribution is -0.123. The molecule has 16 heavy (non-hydrogen) atoms. The highest BCUT2D eigenvalue weighted by molar-refractivity contribution is 5.81. The van der Waals surface area contributed by atoms with Gasteiger partial charge in [-0.1, -0.05) is 12.2 Å². The molecule has 0 aromatic rings. The Labute approximate surface area is 97.7 Å². The molecule has 0 spiro atoms. The first-order chi connectivity index (χ1) is 7.58. The zero-order valence-electron chi connectivity index (χ0n) is 10.4. The molecule has 4 unspecified atom stereocenters. The van der Waals surface area contributed by atoms with Gasteiger partial charge in [-0.25, -0.2) is 0 Å². The standard InChI is InChI=1S/C13H22N2O/c1-8(2)14-13(16)9(3)15-12-7-10-5-4-6-11(10)12/h4,6,8-12,15H,5,7H2,1-3H3,(H,14,16).